The molecule has 0 radical (unpaired) electrons. The van der Waals surface area contributed by atoms with E-state index in [-0.39, 0.29) is 0 Å². The standard InChI is InChI=1S/2C4H12N2.2H2O3S2/c2*5-3-1-2-4-6;2*1-5(2,3)4/h2*1-6H2;2*(H2,1,2,3,4). The molecule has 0 rings (SSSR count). The summed E-state index contributed by atoms with van der Waals surface area (Å²) < 4.78 is 53.3. The molecule has 14 heteroatoms. The number of quaternary nitrogens is 4. The molecular formula is C8H28N4O6S4. The van der Waals surface area contributed by atoms with E-state index in [1.165, 1.54) is 25.7 Å². The fourth-order valence-corrected chi connectivity index (χ4v) is 0.707. The first kappa shape index (κ1) is 30.3. The Kier molecular flexibility index (Phi) is 29.5. The summed E-state index contributed by atoms with van der Waals surface area (Å²) >= 11 is 6.49. The van der Waals surface area contributed by atoms with Crippen LogP contribution in [-0.2, 0) is 40.5 Å². The van der Waals surface area contributed by atoms with Crippen LogP contribution in [0.4, 0.5) is 0 Å². The van der Waals surface area contributed by atoms with Crippen LogP contribution in [0.15, 0.2) is 0 Å². The Morgan fingerprint density at radius 1 is 0.591 bits per heavy atom. The van der Waals surface area contributed by atoms with Crippen LogP contribution in [0.5, 0.6) is 0 Å². The third kappa shape index (κ3) is 187. The first-order chi connectivity index (χ1) is 9.83. The van der Waals surface area contributed by atoms with Crippen LogP contribution in [0.3, 0.4) is 0 Å². The highest BCUT2D eigenvalue weighted by molar-refractivity contribution is 8.26. The summed E-state index contributed by atoms with van der Waals surface area (Å²) in [5, 5.41) is 0. The highest BCUT2D eigenvalue weighted by atomic mass is 32.9. The quantitative estimate of drug-likeness (QED) is 0.310. The molecule has 10 nitrogen and oxygen atoms in total. The van der Waals surface area contributed by atoms with Gasteiger partial charge in [-0.25, -0.2) is 0 Å². The van der Waals surface area contributed by atoms with Crippen molar-refractivity contribution in [2.24, 2.45) is 0 Å². The third-order valence-electron chi connectivity index (χ3n) is 1.50. The predicted molar refractivity (Wildman–Crippen MR) is 83.6 cm³/mol. The average molecular weight is 405 g/mol. The molecule has 0 aromatic carbocycles. The topological polar surface area (TPSA) is 237 Å². The maximum atomic E-state index is 8.89. The maximum Gasteiger partial charge on any atom is 0.0742 e. The fraction of sp³-hybridized carbons (Fsp3) is 1.00. The summed E-state index contributed by atoms with van der Waals surface area (Å²) in [6.07, 6.45) is 4.96. The Hall–Kier alpha value is 0.420. The van der Waals surface area contributed by atoms with Gasteiger partial charge < -0.3 is 41.1 Å². The molecule has 0 saturated heterocycles. The molecule has 12 N–H and O–H groups in total. The largest absolute Gasteiger partial charge is 0.780 e. The van der Waals surface area contributed by atoms with E-state index in [0.29, 0.717) is 0 Å². The van der Waals surface area contributed by atoms with Gasteiger partial charge >= 0.3 is 0 Å². The summed E-state index contributed by atoms with van der Waals surface area (Å²) in [6, 6.07) is 0. The van der Waals surface area contributed by atoms with Gasteiger partial charge in [0.15, 0.2) is 0 Å². The van der Waals surface area contributed by atoms with E-state index in [0.717, 1.165) is 26.2 Å². The second-order valence-electron chi connectivity index (χ2n) is 3.64. The summed E-state index contributed by atoms with van der Waals surface area (Å²) in [6.45, 7) is 4.26. The van der Waals surface area contributed by atoms with Gasteiger partial charge in [0.2, 0.25) is 0 Å². The average Bonchev–Trinajstić information content (AvgIpc) is 2.30. The number of unbranched alkanes of at least 4 members (excludes halogenated alkanes) is 2. The molecule has 0 amide bonds. The molecule has 0 aromatic rings. The van der Waals surface area contributed by atoms with Gasteiger partial charge in [-0.05, 0) is 22.4 Å². The van der Waals surface area contributed by atoms with Crippen molar-refractivity contribution >= 4 is 40.5 Å². The summed E-state index contributed by atoms with van der Waals surface area (Å²) in [5.74, 6) is 0. The van der Waals surface area contributed by atoms with Gasteiger partial charge in [0, 0.05) is 25.7 Å². The van der Waals surface area contributed by atoms with Crippen molar-refractivity contribution in [1.82, 2.24) is 0 Å². The monoisotopic (exact) mass is 404 g/mol. The molecular weight excluding hydrogens is 376 g/mol. The molecule has 0 spiro atoms. The van der Waals surface area contributed by atoms with E-state index in [2.05, 4.69) is 45.3 Å². The lowest BCUT2D eigenvalue weighted by atomic mass is 10.3. The van der Waals surface area contributed by atoms with Crippen molar-refractivity contribution < 1.29 is 49.6 Å². The zero-order valence-electron chi connectivity index (χ0n) is 12.6. The van der Waals surface area contributed by atoms with Crippen molar-refractivity contribution in [3.63, 3.8) is 0 Å². The number of hydrogen-bond acceptors (Lipinski definition) is 8. The van der Waals surface area contributed by atoms with Crippen LogP contribution in [0.25, 0.3) is 0 Å². The zero-order valence-corrected chi connectivity index (χ0v) is 15.8. The molecule has 22 heavy (non-hydrogen) atoms. The molecule has 0 aliphatic carbocycles. The Morgan fingerprint density at radius 2 is 0.682 bits per heavy atom. The molecule has 0 atom stereocenters. The number of hydrogen-bond donors (Lipinski definition) is 4. The van der Waals surface area contributed by atoms with Gasteiger partial charge in [-0.3, -0.25) is 8.42 Å². The highest BCUT2D eigenvalue weighted by Crippen LogP contribution is 1.75. The molecule has 0 heterocycles. The van der Waals surface area contributed by atoms with Crippen LogP contribution in [0.2, 0.25) is 0 Å². The van der Waals surface area contributed by atoms with E-state index in [1.54, 1.807) is 0 Å². The molecule has 0 aliphatic heterocycles. The molecule has 0 aromatic heterocycles. The van der Waals surface area contributed by atoms with Crippen molar-refractivity contribution in [2.75, 3.05) is 26.2 Å². The van der Waals surface area contributed by atoms with Crippen molar-refractivity contribution in [3.8, 4) is 0 Å². The van der Waals surface area contributed by atoms with Gasteiger partial charge in [-0.1, -0.05) is 0 Å². The lowest BCUT2D eigenvalue weighted by Gasteiger charge is -2.12. The minimum absolute atomic E-state index is 1.06. The Labute approximate surface area is 142 Å². The first-order valence-electron chi connectivity index (χ1n) is 6.33. The smallest absolute Gasteiger partial charge is 0.0742 e. The molecule has 0 fully saturated rings. The van der Waals surface area contributed by atoms with Crippen molar-refractivity contribution in [1.29, 1.82) is 0 Å². The SMILES string of the molecule is O=S([O-])([O-])=S.O=S([O-])([O-])=S.[NH3+]CCCC[NH3+].[NH3+]CCCC[NH3+]. The second-order valence-corrected chi connectivity index (χ2v) is 7.73. The lowest BCUT2D eigenvalue weighted by molar-refractivity contribution is -0.384. The van der Waals surface area contributed by atoms with Gasteiger partial charge in [0.05, 0.1) is 26.2 Å². The molecule has 0 unspecified atom stereocenters. The van der Waals surface area contributed by atoms with Gasteiger partial charge in [0.25, 0.3) is 0 Å². The van der Waals surface area contributed by atoms with E-state index in [9.17, 15) is 0 Å². The van der Waals surface area contributed by atoms with Crippen LogP contribution >= 0.6 is 0 Å². The molecule has 0 bridgehead atoms. The zero-order chi connectivity index (χ0) is 18.7. The van der Waals surface area contributed by atoms with E-state index < -0.39 is 18.1 Å². The molecule has 0 aliphatic rings. The number of rotatable bonds is 6. The third-order valence-corrected chi connectivity index (χ3v) is 1.50. The van der Waals surface area contributed by atoms with Gasteiger partial charge in [-0.15, -0.1) is 18.1 Å². The van der Waals surface area contributed by atoms with E-state index >= 15 is 0 Å². The van der Waals surface area contributed by atoms with Crippen LogP contribution in [0, 0.1) is 0 Å². The van der Waals surface area contributed by atoms with Crippen LogP contribution in [0.1, 0.15) is 25.7 Å². The predicted octanol–water partition coefficient (Wildman–Crippen LogP) is -5.51. The molecule has 140 valence electrons. The fourth-order valence-electron chi connectivity index (χ4n) is 0.707. The Bertz CT molecular complexity index is 327. The summed E-state index contributed by atoms with van der Waals surface area (Å²) in [5.41, 5.74) is 14.8. The minimum atomic E-state index is -4.33. The summed E-state index contributed by atoms with van der Waals surface area (Å²) in [7, 11) is -8.67. The van der Waals surface area contributed by atoms with Crippen LogP contribution < -0.4 is 22.9 Å². The first-order valence-corrected chi connectivity index (χ1v) is 11.0. The second kappa shape index (κ2) is 21.4. The Balaban J connectivity index is -0.0000000986. The highest BCUT2D eigenvalue weighted by Gasteiger charge is 1.80. The Morgan fingerprint density at radius 3 is 0.727 bits per heavy atom. The van der Waals surface area contributed by atoms with E-state index in [1.807, 2.05) is 0 Å². The minimum Gasteiger partial charge on any atom is -0.780 e. The summed E-state index contributed by atoms with van der Waals surface area (Å²) in [4.78, 5) is 0. The lowest BCUT2D eigenvalue weighted by Crippen LogP contribution is -2.53. The van der Waals surface area contributed by atoms with Crippen molar-refractivity contribution in [2.45, 2.75) is 25.7 Å². The van der Waals surface area contributed by atoms with Crippen molar-refractivity contribution in [3.05, 3.63) is 0 Å². The normalized spacial score (nSPS) is 10.2. The van der Waals surface area contributed by atoms with Crippen LogP contribution in [-0.4, -0.2) is 52.8 Å². The van der Waals surface area contributed by atoms with Gasteiger partial charge in [0.1, 0.15) is 0 Å². The van der Waals surface area contributed by atoms with Gasteiger partial charge in [-0.2, -0.15) is 0 Å². The maximum absolute atomic E-state index is 8.89. The van der Waals surface area contributed by atoms with E-state index in [4.69, 9.17) is 26.6 Å². The molecule has 0 saturated carbocycles.